The Bertz CT molecular complexity index is 1280. The van der Waals surface area contributed by atoms with E-state index in [4.69, 9.17) is 0 Å². The van der Waals surface area contributed by atoms with Crippen LogP contribution < -0.4 is 0 Å². The number of aromatic nitrogens is 2. The molecule has 3 heterocycles. The molecule has 0 spiro atoms. The molecule has 0 N–H and O–H groups in total. The van der Waals surface area contributed by atoms with Crippen molar-refractivity contribution in [2.45, 2.75) is 6.54 Å². The summed E-state index contributed by atoms with van der Waals surface area (Å²) in [6.45, 7) is 3.25. The first kappa shape index (κ1) is 20.7. The number of nitrogens with zero attached hydrogens (tertiary/aromatic N) is 4. The van der Waals surface area contributed by atoms with Crippen LogP contribution in [0.4, 0.5) is 8.78 Å². The third-order valence-electron chi connectivity index (χ3n) is 5.61. The fourth-order valence-electron chi connectivity index (χ4n) is 3.97. The number of hydrogen-bond acceptors (Lipinski definition) is 5. The van der Waals surface area contributed by atoms with Crippen molar-refractivity contribution >= 4 is 28.3 Å². The second kappa shape index (κ2) is 8.72. The van der Waals surface area contributed by atoms with E-state index in [9.17, 15) is 13.6 Å². The van der Waals surface area contributed by atoms with Gasteiger partial charge in [-0.25, -0.2) is 8.78 Å². The van der Waals surface area contributed by atoms with Gasteiger partial charge in [0.25, 0.3) is 5.91 Å². The summed E-state index contributed by atoms with van der Waals surface area (Å²) in [6.07, 6.45) is 2.99. The van der Waals surface area contributed by atoms with Gasteiger partial charge in [0.05, 0.1) is 11.1 Å². The van der Waals surface area contributed by atoms with Gasteiger partial charge in [0.15, 0.2) is 0 Å². The van der Waals surface area contributed by atoms with E-state index < -0.39 is 5.82 Å². The van der Waals surface area contributed by atoms with Crippen molar-refractivity contribution in [1.29, 1.82) is 0 Å². The van der Waals surface area contributed by atoms with E-state index in [1.807, 2.05) is 18.2 Å². The fourth-order valence-corrected chi connectivity index (χ4v) is 5.05. The molecule has 0 aliphatic carbocycles. The van der Waals surface area contributed by atoms with Gasteiger partial charge in [0.1, 0.15) is 17.2 Å². The molecule has 0 atom stereocenters. The van der Waals surface area contributed by atoms with Crippen molar-refractivity contribution in [1.82, 2.24) is 19.8 Å². The molecule has 162 valence electrons. The number of amides is 1. The highest BCUT2D eigenvalue weighted by Crippen LogP contribution is 2.31. The predicted molar refractivity (Wildman–Crippen MR) is 120 cm³/mol. The third-order valence-corrected chi connectivity index (χ3v) is 6.71. The number of benzene rings is 2. The van der Waals surface area contributed by atoms with E-state index in [2.05, 4.69) is 14.9 Å². The standard InChI is InChI=1S/C24H20F2N4OS/c25-16-13-19(23-21(14-16)27-7-8-28-23)24(31)30-11-9-29(10-12-30)15-17-5-6-22(32-17)18-3-1-2-4-20(18)26/h1-8,13-14H,9-12,15H2. The molecule has 2 aromatic carbocycles. The zero-order chi connectivity index (χ0) is 22.1. The lowest BCUT2D eigenvalue weighted by molar-refractivity contribution is 0.0631. The van der Waals surface area contributed by atoms with Crippen molar-refractivity contribution in [3.63, 3.8) is 0 Å². The van der Waals surface area contributed by atoms with Crippen LogP contribution in [0.2, 0.25) is 0 Å². The second-order valence-electron chi connectivity index (χ2n) is 7.69. The lowest BCUT2D eigenvalue weighted by Gasteiger charge is -2.34. The van der Waals surface area contributed by atoms with Gasteiger partial charge in [-0.1, -0.05) is 18.2 Å². The number of thiophene rings is 1. The van der Waals surface area contributed by atoms with E-state index in [1.165, 1.54) is 30.6 Å². The average molecular weight is 451 g/mol. The third kappa shape index (κ3) is 4.11. The molecule has 1 saturated heterocycles. The molecular weight excluding hydrogens is 430 g/mol. The summed E-state index contributed by atoms with van der Waals surface area (Å²) in [4.78, 5) is 27.5. The summed E-state index contributed by atoms with van der Waals surface area (Å²) >= 11 is 1.58. The Morgan fingerprint density at radius 1 is 0.969 bits per heavy atom. The normalized spacial score (nSPS) is 14.8. The Morgan fingerprint density at radius 3 is 2.56 bits per heavy atom. The fraction of sp³-hybridized carbons (Fsp3) is 0.208. The number of fused-ring (bicyclic) bond motifs is 1. The molecule has 0 unspecified atom stereocenters. The summed E-state index contributed by atoms with van der Waals surface area (Å²) in [5.41, 5.74) is 1.65. The Labute approximate surface area is 188 Å². The van der Waals surface area contributed by atoms with E-state index >= 15 is 0 Å². The first-order chi connectivity index (χ1) is 15.6. The molecule has 1 aliphatic rings. The molecule has 4 aromatic rings. The molecule has 1 aliphatic heterocycles. The Hall–Kier alpha value is -3.23. The molecule has 0 saturated carbocycles. The van der Waals surface area contributed by atoms with Crippen LogP contribution in [0.1, 0.15) is 15.2 Å². The molecule has 0 radical (unpaired) electrons. The van der Waals surface area contributed by atoms with Gasteiger partial charge < -0.3 is 4.90 Å². The molecule has 32 heavy (non-hydrogen) atoms. The number of hydrogen-bond donors (Lipinski definition) is 0. The summed E-state index contributed by atoms with van der Waals surface area (Å²) in [5, 5.41) is 0. The van der Waals surface area contributed by atoms with Crippen LogP contribution in [0.15, 0.2) is 60.9 Å². The Balaban J connectivity index is 1.25. The Kier molecular flexibility index (Phi) is 5.63. The minimum Gasteiger partial charge on any atom is -0.336 e. The summed E-state index contributed by atoms with van der Waals surface area (Å²) in [5.74, 6) is -0.946. The number of carbonyl (C=O) groups is 1. The van der Waals surface area contributed by atoms with Gasteiger partial charge in [-0.3, -0.25) is 19.7 Å². The largest absolute Gasteiger partial charge is 0.336 e. The molecular formula is C24H20F2N4OS. The first-order valence-corrected chi connectivity index (χ1v) is 11.2. The summed E-state index contributed by atoms with van der Waals surface area (Å²) in [6, 6.07) is 13.3. The molecule has 0 bridgehead atoms. The van der Waals surface area contributed by atoms with Crippen LogP contribution in [0, 0.1) is 11.6 Å². The van der Waals surface area contributed by atoms with Crippen LogP contribution in [-0.2, 0) is 6.54 Å². The van der Waals surface area contributed by atoms with Gasteiger partial charge in [-0.2, -0.15) is 0 Å². The molecule has 1 fully saturated rings. The predicted octanol–water partition coefficient (Wildman–Crippen LogP) is 4.59. The lowest BCUT2D eigenvalue weighted by atomic mass is 10.1. The molecule has 5 rings (SSSR count). The maximum atomic E-state index is 14.1. The highest BCUT2D eigenvalue weighted by molar-refractivity contribution is 7.15. The molecule has 2 aromatic heterocycles. The summed E-state index contributed by atoms with van der Waals surface area (Å²) in [7, 11) is 0. The highest BCUT2D eigenvalue weighted by atomic mass is 32.1. The van der Waals surface area contributed by atoms with Crippen molar-refractivity contribution in [3.05, 3.63) is 83.0 Å². The van der Waals surface area contributed by atoms with Crippen molar-refractivity contribution in [2.75, 3.05) is 26.2 Å². The number of carbonyl (C=O) groups excluding carboxylic acids is 1. The van der Waals surface area contributed by atoms with Crippen molar-refractivity contribution in [2.24, 2.45) is 0 Å². The van der Waals surface area contributed by atoms with Gasteiger partial charge in [0.2, 0.25) is 0 Å². The monoisotopic (exact) mass is 450 g/mol. The van der Waals surface area contributed by atoms with Gasteiger partial charge in [-0.15, -0.1) is 11.3 Å². The van der Waals surface area contributed by atoms with Gasteiger partial charge >= 0.3 is 0 Å². The Morgan fingerprint density at radius 2 is 1.75 bits per heavy atom. The number of halogens is 2. The first-order valence-electron chi connectivity index (χ1n) is 10.3. The topological polar surface area (TPSA) is 49.3 Å². The van der Waals surface area contributed by atoms with E-state index in [0.29, 0.717) is 42.8 Å². The zero-order valence-electron chi connectivity index (χ0n) is 17.2. The van der Waals surface area contributed by atoms with Gasteiger partial charge in [0, 0.05) is 66.5 Å². The van der Waals surface area contributed by atoms with Crippen molar-refractivity contribution in [3.8, 4) is 10.4 Å². The summed E-state index contributed by atoms with van der Waals surface area (Å²) < 4.78 is 28.1. The highest BCUT2D eigenvalue weighted by Gasteiger charge is 2.25. The zero-order valence-corrected chi connectivity index (χ0v) is 18.0. The van der Waals surface area contributed by atoms with E-state index in [0.717, 1.165) is 16.3 Å². The SMILES string of the molecule is O=C(c1cc(F)cc2nccnc12)N1CCN(Cc2ccc(-c3ccccc3F)s2)CC1. The van der Waals surface area contributed by atoms with E-state index in [1.54, 1.807) is 28.4 Å². The number of rotatable bonds is 4. The van der Waals surface area contributed by atoms with Crippen LogP contribution >= 0.6 is 11.3 Å². The van der Waals surface area contributed by atoms with Crippen LogP contribution in [0.5, 0.6) is 0 Å². The molecule has 5 nitrogen and oxygen atoms in total. The molecule has 8 heteroatoms. The number of piperazine rings is 1. The van der Waals surface area contributed by atoms with Gasteiger partial charge in [-0.05, 0) is 24.3 Å². The smallest absolute Gasteiger partial charge is 0.256 e. The average Bonchev–Trinajstić information content (AvgIpc) is 3.27. The maximum absolute atomic E-state index is 14.1. The van der Waals surface area contributed by atoms with Crippen LogP contribution in [-0.4, -0.2) is 51.9 Å². The second-order valence-corrected chi connectivity index (χ2v) is 8.86. The molecule has 1 amide bonds. The van der Waals surface area contributed by atoms with Crippen LogP contribution in [0.25, 0.3) is 21.5 Å². The lowest BCUT2D eigenvalue weighted by Crippen LogP contribution is -2.48. The quantitative estimate of drug-likeness (QED) is 0.456. The minimum atomic E-state index is -0.497. The maximum Gasteiger partial charge on any atom is 0.256 e. The van der Waals surface area contributed by atoms with E-state index in [-0.39, 0.29) is 17.3 Å². The van der Waals surface area contributed by atoms with Crippen LogP contribution in [0.3, 0.4) is 0 Å². The van der Waals surface area contributed by atoms with Crippen molar-refractivity contribution < 1.29 is 13.6 Å². The minimum absolute atomic E-state index is 0.220.